The van der Waals surface area contributed by atoms with Gasteiger partial charge in [0.1, 0.15) is 24.2 Å². The number of oxazole rings is 1. The summed E-state index contributed by atoms with van der Waals surface area (Å²) in [5.41, 5.74) is 0.287. The molecule has 0 bridgehead atoms. The molecule has 0 N–H and O–H groups in total. The number of hydrogen-bond acceptors (Lipinski definition) is 7. The van der Waals surface area contributed by atoms with E-state index in [0.29, 0.717) is 23.3 Å². The fourth-order valence-corrected chi connectivity index (χ4v) is 3.95. The summed E-state index contributed by atoms with van der Waals surface area (Å²) >= 11 is 0. The van der Waals surface area contributed by atoms with Crippen LogP contribution in [0.2, 0.25) is 0 Å². The van der Waals surface area contributed by atoms with Crippen molar-refractivity contribution in [3.05, 3.63) is 66.1 Å². The van der Waals surface area contributed by atoms with Crippen molar-refractivity contribution in [2.24, 2.45) is 0 Å². The Morgan fingerprint density at radius 2 is 1.81 bits per heavy atom. The second-order valence-electron chi connectivity index (χ2n) is 7.77. The Hall–Kier alpha value is -3.76. The highest BCUT2D eigenvalue weighted by molar-refractivity contribution is 5.83. The lowest BCUT2D eigenvalue weighted by Gasteiger charge is -2.33. The van der Waals surface area contributed by atoms with E-state index >= 15 is 0 Å². The van der Waals surface area contributed by atoms with Crippen molar-refractivity contribution in [1.29, 1.82) is 5.26 Å². The molecule has 4 aromatic rings. The van der Waals surface area contributed by atoms with E-state index in [1.54, 1.807) is 6.07 Å². The number of rotatable bonds is 6. The quantitative estimate of drug-likeness (QED) is 0.441. The van der Waals surface area contributed by atoms with Gasteiger partial charge in [0.15, 0.2) is 5.76 Å². The number of aromatic nitrogens is 1. The lowest BCUT2D eigenvalue weighted by molar-refractivity contribution is 0.266. The standard InChI is InChI=1S/C25H24N4O3/c1-2-28-11-13-29(14-12-28)25-22(16-26)27-24(32-25)23-10-9-21(31-23)17-30-20-8-7-18-5-3-4-6-19(18)15-20/h3-10,15H,2,11-14,17H2,1H3. The van der Waals surface area contributed by atoms with Gasteiger partial charge in [-0.25, -0.2) is 0 Å². The molecule has 32 heavy (non-hydrogen) atoms. The zero-order valence-electron chi connectivity index (χ0n) is 18.0. The third-order valence-corrected chi connectivity index (χ3v) is 5.80. The predicted octanol–water partition coefficient (Wildman–Crippen LogP) is 4.68. The molecule has 162 valence electrons. The first-order chi connectivity index (χ1) is 15.7. The van der Waals surface area contributed by atoms with Gasteiger partial charge in [0.05, 0.1) is 0 Å². The second kappa shape index (κ2) is 8.77. The highest BCUT2D eigenvalue weighted by atomic mass is 16.5. The molecule has 0 unspecified atom stereocenters. The average Bonchev–Trinajstić information content (AvgIpc) is 3.50. The minimum atomic E-state index is 0.287. The van der Waals surface area contributed by atoms with Crippen molar-refractivity contribution in [1.82, 2.24) is 9.88 Å². The largest absolute Gasteiger partial charge is 0.486 e. The van der Waals surface area contributed by atoms with Crippen LogP contribution < -0.4 is 9.64 Å². The van der Waals surface area contributed by atoms with Gasteiger partial charge < -0.3 is 23.4 Å². The minimum Gasteiger partial charge on any atom is -0.486 e. The fourth-order valence-electron chi connectivity index (χ4n) is 3.95. The topological polar surface area (TPSA) is 78.7 Å². The van der Waals surface area contributed by atoms with E-state index in [-0.39, 0.29) is 12.3 Å². The summed E-state index contributed by atoms with van der Waals surface area (Å²) in [6.45, 7) is 6.96. The summed E-state index contributed by atoms with van der Waals surface area (Å²) in [7, 11) is 0. The van der Waals surface area contributed by atoms with Crippen LogP contribution in [0, 0.1) is 11.3 Å². The van der Waals surface area contributed by atoms with Crippen molar-refractivity contribution in [2.45, 2.75) is 13.5 Å². The van der Waals surface area contributed by atoms with E-state index in [0.717, 1.165) is 43.9 Å². The monoisotopic (exact) mass is 428 g/mol. The molecule has 1 saturated heterocycles. The molecule has 0 spiro atoms. The number of benzene rings is 2. The maximum absolute atomic E-state index is 9.54. The molecule has 1 fully saturated rings. The Balaban J connectivity index is 1.29. The van der Waals surface area contributed by atoms with Crippen molar-refractivity contribution in [2.75, 3.05) is 37.6 Å². The van der Waals surface area contributed by atoms with E-state index in [4.69, 9.17) is 13.6 Å². The number of piperazine rings is 1. The molecule has 0 atom stereocenters. The van der Waals surface area contributed by atoms with Crippen LogP contribution >= 0.6 is 0 Å². The predicted molar refractivity (Wildman–Crippen MR) is 122 cm³/mol. The number of nitrogens with zero attached hydrogens (tertiary/aromatic N) is 4. The Kier molecular flexibility index (Phi) is 5.53. The number of anilines is 1. The first-order valence-electron chi connectivity index (χ1n) is 10.8. The third kappa shape index (κ3) is 4.05. The number of hydrogen-bond donors (Lipinski definition) is 0. The van der Waals surface area contributed by atoms with Gasteiger partial charge in [-0.05, 0) is 41.6 Å². The molecule has 7 heteroatoms. The Morgan fingerprint density at radius 3 is 2.59 bits per heavy atom. The summed E-state index contributed by atoms with van der Waals surface area (Å²) in [6, 6.07) is 19.9. The highest BCUT2D eigenvalue weighted by Gasteiger charge is 2.25. The maximum Gasteiger partial charge on any atom is 0.266 e. The Bertz CT molecular complexity index is 1260. The molecule has 5 rings (SSSR count). The van der Waals surface area contributed by atoms with E-state index in [1.807, 2.05) is 36.4 Å². The number of ether oxygens (including phenoxy) is 1. The Labute approximate surface area is 186 Å². The normalized spacial score (nSPS) is 14.6. The van der Waals surface area contributed by atoms with Gasteiger partial charge in [0, 0.05) is 26.2 Å². The lowest BCUT2D eigenvalue weighted by atomic mass is 10.1. The minimum absolute atomic E-state index is 0.287. The summed E-state index contributed by atoms with van der Waals surface area (Å²) in [5, 5.41) is 11.8. The molecular weight excluding hydrogens is 404 g/mol. The number of likely N-dealkylation sites (N-methyl/N-ethyl adjacent to an activating group) is 1. The van der Waals surface area contributed by atoms with Gasteiger partial charge in [-0.15, -0.1) is 0 Å². The van der Waals surface area contributed by atoms with Gasteiger partial charge in [0.25, 0.3) is 5.89 Å². The smallest absolute Gasteiger partial charge is 0.266 e. The maximum atomic E-state index is 9.54. The van der Waals surface area contributed by atoms with Gasteiger partial charge in [-0.3, -0.25) is 0 Å². The first kappa shape index (κ1) is 20.2. The van der Waals surface area contributed by atoms with E-state index in [9.17, 15) is 5.26 Å². The van der Waals surface area contributed by atoms with Crippen LogP contribution in [0.25, 0.3) is 22.4 Å². The summed E-state index contributed by atoms with van der Waals surface area (Å²) in [4.78, 5) is 8.81. The molecule has 3 heterocycles. The summed E-state index contributed by atoms with van der Waals surface area (Å²) in [6.07, 6.45) is 0. The van der Waals surface area contributed by atoms with Crippen LogP contribution in [0.15, 0.2) is 63.4 Å². The van der Waals surface area contributed by atoms with Crippen LogP contribution in [0.1, 0.15) is 18.4 Å². The van der Waals surface area contributed by atoms with Crippen LogP contribution in [-0.4, -0.2) is 42.6 Å². The lowest BCUT2D eigenvalue weighted by Crippen LogP contribution is -2.46. The van der Waals surface area contributed by atoms with Crippen LogP contribution in [0.3, 0.4) is 0 Å². The molecule has 2 aromatic heterocycles. The summed E-state index contributed by atoms with van der Waals surface area (Å²) in [5.74, 6) is 2.74. The van der Waals surface area contributed by atoms with Crippen molar-refractivity contribution < 1.29 is 13.6 Å². The first-order valence-corrected chi connectivity index (χ1v) is 10.8. The SMILES string of the molecule is CCN1CCN(c2oc(-c3ccc(COc4ccc5ccccc5c4)o3)nc2C#N)CC1. The third-order valence-electron chi connectivity index (χ3n) is 5.80. The van der Waals surface area contributed by atoms with Crippen molar-refractivity contribution in [3.63, 3.8) is 0 Å². The molecule has 0 radical (unpaired) electrons. The molecule has 0 aliphatic carbocycles. The van der Waals surface area contributed by atoms with Crippen LogP contribution in [0.5, 0.6) is 5.75 Å². The molecule has 0 saturated carbocycles. The number of furan rings is 1. The van der Waals surface area contributed by atoms with E-state index in [2.05, 4.69) is 39.9 Å². The fraction of sp³-hybridized carbons (Fsp3) is 0.280. The van der Waals surface area contributed by atoms with Crippen LogP contribution in [-0.2, 0) is 6.61 Å². The highest BCUT2D eigenvalue weighted by Crippen LogP contribution is 2.30. The van der Waals surface area contributed by atoms with E-state index < -0.39 is 0 Å². The number of nitriles is 1. The molecule has 1 aliphatic rings. The van der Waals surface area contributed by atoms with Crippen LogP contribution in [0.4, 0.5) is 5.88 Å². The average molecular weight is 428 g/mol. The van der Waals surface area contributed by atoms with Gasteiger partial charge in [-0.1, -0.05) is 37.3 Å². The molecule has 0 amide bonds. The molecular formula is C25H24N4O3. The number of fused-ring (bicyclic) bond motifs is 1. The van der Waals surface area contributed by atoms with Crippen molar-refractivity contribution in [3.8, 4) is 23.5 Å². The van der Waals surface area contributed by atoms with Gasteiger partial charge in [0.2, 0.25) is 11.6 Å². The van der Waals surface area contributed by atoms with Crippen molar-refractivity contribution >= 4 is 16.7 Å². The molecule has 7 nitrogen and oxygen atoms in total. The Morgan fingerprint density at radius 1 is 1.00 bits per heavy atom. The molecule has 1 aliphatic heterocycles. The second-order valence-corrected chi connectivity index (χ2v) is 7.77. The van der Waals surface area contributed by atoms with Gasteiger partial charge >= 0.3 is 0 Å². The summed E-state index contributed by atoms with van der Waals surface area (Å²) < 4.78 is 17.8. The zero-order valence-corrected chi connectivity index (χ0v) is 18.0. The zero-order chi connectivity index (χ0) is 21.9. The van der Waals surface area contributed by atoms with E-state index in [1.165, 1.54) is 5.39 Å². The van der Waals surface area contributed by atoms with Gasteiger partial charge in [-0.2, -0.15) is 10.2 Å². The molecule has 2 aromatic carbocycles.